The maximum atomic E-state index is 12.5. The largest absolute Gasteiger partial charge is 0.349 e. The summed E-state index contributed by atoms with van der Waals surface area (Å²) in [5.41, 5.74) is 0.282. The molecule has 1 N–H and O–H groups in total. The first kappa shape index (κ1) is 17.9. The summed E-state index contributed by atoms with van der Waals surface area (Å²) in [5, 5.41) is 2.63. The van der Waals surface area contributed by atoms with Crippen LogP contribution in [0.3, 0.4) is 0 Å². The van der Waals surface area contributed by atoms with Crippen molar-refractivity contribution in [3.8, 4) is 0 Å². The minimum Gasteiger partial charge on any atom is -0.349 e. The van der Waals surface area contributed by atoms with Crippen molar-refractivity contribution in [2.24, 2.45) is 0 Å². The van der Waals surface area contributed by atoms with Crippen molar-refractivity contribution < 1.29 is 13.2 Å². The number of rotatable bonds is 7. The lowest BCUT2D eigenvalue weighted by Crippen LogP contribution is -2.31. The molecule has 7 heteroatoms. The molecule has 1 aromatic carbocycles. The molecule has 1 aromatic rings. The molecule has 21 heavy (non-hydrogen) atoms. The van der Waals surface area contributed by atoms with E-state index >= 15 is 0 Å². The number of amides is 1. The van der Waals surface area contributed by atoms with Crippen molar-refractivity contribution in [3.63, 3.8) is 0 Å². The predicted octanol–water partition coefficient (Wildman–Crippen LogP) is 2.40. The van der Waals surface area contributed by atoms with E-state index in [2.05, 4.69) is 27.8 Å². The molecule has 0 unspecified atom stereocenters. The SMILES string of the molecule is C=CCNC(=O)c1cc(S(=O)(=O)N(CC)CC)ccc1Br. The van der Waals surface area contributed by atoms with Crippen molar-refractivity contribution in [1.29, 1.82) is 0 Å². The molecule has 116 valence electrons. The van der Waals surface area contributed by atoms with Crippen LogP contribution in [0.15, 0.2) is 40.2 Å². The van der Waals surface area contributed by atoms with Gasteiger partial charge in [-0.1, -0.05) is 19.9 Å². The summed E-state index contributed by atoms with van der Waals surface area (Å²) in [5.74, 6) is -0.349. The quantitative estimate of drug-likeness (QED) is 0.745. The zero-order valence-electron chi connectivity index (χ0n) is 12.1. The van der Waals surface area contributed by atoms with Crippen LogP contribution in [0, 0.1) is 0 Å². The number of sulfonamides is 1. The monoisotopic (exact) mass is 374 g/mol. The molecule has 1 rings (SSSR count). The van der Waals surface area contributed by atoms with Gasteiger partial charge < -0.3 is 5.32 Å². The molecule has 0 spiro atoms. The Bertz CT molecular complexity index is 625. The van der Waals surface area contributed by atoms with E-state index in [0.29, 0.717) is 24.1 Å². The van der Waals surface area contributed by atoms with Gasteiger partial charge in [-0.3, -0.25) is 4.79 Å². The maximum absolute atomic E-state index is 12.5. The van der Waals surface area contributed by atoms with E-state index in [0.717, 1.165) is 0 Å². The van der Waals surface area contributed by atoms with Gasteiger partial charge in [-0.05, 0) is 34.1 Å². The molecule has 0 aliphatic rings. The zero-order chi connectivity index (χ0) is 16.0. The number of nitrogens with one attached hydrogen (secondary N) is 1. The highest BCUT2D eigenvalue weighted by Gasteiger charge is 2.23. The number of benzene rings is 1. The molecule has 0 bridgehead atoms. The van der Waals surface area contributed by atoms with Gasteiger partial charge >= 0.3 is 0 Å². The molecule has 0 aliphatic heterocycles. The number of hydrogen-bond acceptors (Lipinski definition) is 3. The lowest BCUT2D eigenvalue weighted by Gasteiger charge is -2.19. The number of halogens is 1. The van der Waals surface area contributed by atoms with Gasteiger partial charge in [-0.2, -0.15) is 4.31 Å². The fraction of sp³-hybridized carbons (Fsp3) is 0.357. The third kappa shape index (κ3) is 4.15. The molecular weight excluding hydrogens is 356 g/mol. The van der Waals surface area contributed by atoms with E-state index in [1.165, 1.54) is 16.4 Å². The molecular formula is C14H19BrN2O3S. The highest BCUT2D eigenvalue weighted by Crippen LogP contribution is 2.23. The Morgan fingerprint density at radius 2 is 2.00 bits per heavy atom. The van der Waals surface area contributed by atoms with Gasteiger partial charge in [-0.25, -0.2) is 8.42 Å². The van der Waals surface area contributed by atoms with Gasteiger partial charge in [0, 0.05) is 24.1 Å². The van der Waals surface area contributed by atoms with Crippen molar-refractivity contribution in [1.82, 2.24) is 9.62 Å². The summed E-state index contributed by atoms with van der Waals surface area (Å²) in [6.07, 6.45) is 1.56. The summed E-state index contributed by atoms with van der Waals surface area (Å²) < 4.78 is 26.8. The standard InChI is InChI=1S/C14H19BrN2O3S/c1-4-9-16-14(18)12-10-11(7-8-13(12)15)21(19,20)17(5-2)6-3/h4,7-8,10H,1,5-6,9H2,2-3H3,(H,16,18). The molecule has 0 aliphatic carbocycles. The average Bonchev–Trinajstić information content (AvgIpc) is 2.46. The summed E-state index contributed by atoms with van der Waals surface area (Å²) in [4.78, 5) is 12.1. The summed E-state index contributed by atoms with van der Waals surface area (Å²) >= 11 is 3.27. The molecule has 0 atom stereocenters. The van der Waals surface area contributed by atoms with Gasteiger partial charge in [0.1, 0.15) is 0 Å². The highest BCUT2D eigenvalue weighted by atomic mass is 79.9. The Morgan fingerprint density at radius 1 is 1.38 bits per heavy atom. The first-order chi connectivity index (χ1) is 9.88. The molecule has 0 heterocycles. The summed E-state index contributed by atoms with van der Waals surface area (Å²) in [6, 6.07) is 4.44. The molecule has 0 aromatic heterocycles. The van der Waals surface area contributed by atoms with Crippen LogP contribution in [0.1, 0.15) is 24.2 Å². The first-order valence-electron chi connectivity index (χ1n) is 6.57. The van der Waals surface area contributed by atoms with Gasteiger partial charge in [0.25, 0.3) is 5.91 Å². The van der Waals surface area contributed by atoms with Crippen LogP contribution in [0.4, 0.5) is 0 Å². The van der Waals surface area contributed by atoms with Gasteiger partial charge in [0.05, 0.1) is 10.5 Å². The Labute approximate surface area is 134 Å². The molecule has 0 fully saturated rings. The van der Waals surface area contributed by atoms with Crippen LogP contribution >= 0.6 is 15.9 Å². The van der Waals surface area contributed by atoms with Crippen LogP contribution < -0.4 is 5.32 Å². The van der Waals surface area contributed by atoms with Crippen molar-refractivity contribution in [3.05, 3.63) is 40.9 Å². The Hall–Kier alpha value is -1.18. The van der Waals surface area contributed by atoms with Gasteiger partial charge in [0.2, 0.25) is 10.0 Å². The lowest BCUT2D eigenvalue weighted by molar-refractivity contribution is 0.0957. The smallest absolute Gasteiger partial charge is 0.252 e. The van der Waals surface area contributed by atoms with Gasteiger partial charge in [0.15, 0.2) is 0 Å². The van der Waals surface area contributed by atoms with E-state index < -0.39 is 10.0 Å². The molecule has 0 radical (unpaired) electrons. The zero-order valence-corrected chi connectivity index (χ0v) is 14.5. The molecule has 1 amide bonds. The third-order valence-corrected chi connectivity index (χ3v) is 5.67. The minimum atomic E-state index is -3.58. The van der Waals surface area contributed by atoms with Crippen molar-refractivity contribution >= 4 is 31.9 Å². The number of hydrogen-bond donors (Lipinski definition) is 1. The second-order valence-electron chi connectivity index (χ2n) is 4.23. The molecule has 0 saturated heterocycles. The number of nitrogens with zero attached hydrogens (tertiary/aromatic N) is 1. The highest BCUT2D eigenvalue weighted by molar-refractivity contribution is 9.10. The van der Waals surface area contributed by atoms with Crippen LogP contribution in [-0.2, 0) is 10.0 Å². The Balaban J connectivity index is 3.23. The van der Waals surface area contributed by atoms with Crippen molar-refractivity contribution in [2.75, 3.05) is 19.6 Å². The maximum Gasteiger partial charge on any atom is 0.252 e. The van der Waals surface area contributed by atoms with E-state index in [4.69, 9.17) is 0 Å². The average molecular weight is 375 g/mol. The topological polar surface area (TPSA) is 66.5 Å². The first-order valence-corrected chi connectivity index (χ1v) is 8.80. The summed E-state index contributed by atoms with van der Waals surface area (Å²) in [6.45, 7) is 8.15. The van der Waals surface area contributed by atoms with Gasteiger partial charge in [-0.15, -0.1) is 6.58 Å². The molecule has 0 saturated carbocycles. The second kappa shape index (κ2) is 7.72. The number of carbonyl (C=O) groups is 1. The fourth-order valence-electron chi connectivity index (χ4n) is 1.81. The van der Waals surface area contributed by atoms with E-state index in [9.17, 15) is 13.2 Å². The minimum absolute atomic E-state index is 0.109. The Kier molecular flexibility index (Phi) is 6.57. The van der Waals surface area contributed by atoms with E-state index in [1.54, 1.807) is 26.0 Å². The Morgan fingerprint density at radius 3 is 2.52 bits per heavy atom. The second-order valence-corrected chi connectivity index (χ2v) is 7.02. The lowest BCUT2D eigenvalue weighted by atomic mass is 10.2. The summed E-state index contributed by atoms with van der Waals surface area (Å²) in [7, 11) is -3.58. The van der Waals surface area contributed by atoms with E-state index in [-0.39, 0.29) is 16.4 Å². The van der Waals surface area contributed by atoms with E-state index in [1.807, 2.05) is 0 Å². The normalized spacial score (nSPS) is 11.4. The van der Waals surface area contributed by atoms with Crippen LogP contribution in [-0.4, -0.2) is 38.3 Å². The molecule has 5 nitrogen and oxygen atoms in total. The fourth-order valence-corrected chi connectivity index (χ4v) is 3.72. The number of carbonyl (C=O) groups excluding carboxylic acids is 1. The predicted molar refractivity (Wildman–Crippen MR) is 86.8 cm³/mol. The van der Waals surface area contributed by atoms with Crippen LogP contribution in [0.2, 0.25) is 0 Å². The third-order valence-electron chi connectivity index (χ3n) is 2.93. The van der Waals surface area contributed by atoms with Crippen LogP contribution in [0.25, 0.3) is 0 Å². The van der Waals surface area contributed by atoms with Crippen LogP contribution in [0.5, 0.6) is 0 Å². The van der Waals surface area contributed by atoms with Crippen molar-refractivity contribution in [2.45, 2.75) is 18.7 Å².